The molecule has 0 fully saturated rings. The van der Waals surface area contributed by atoms with Gasteiger partial charge in [0.25, 0.3) is 5.91 Å². The molecule has 1 N–H and O–H groups in total. The molecule has 0 aliphatic rings. The fourth-order valence-electron chi connectivity index (χ4n) is 2.00. The lowest BCUT2D eigenvalue weighted by Gasteiger charge is -1.99. The molecule has 3 aromatic rings. The molecular formula is C16H12ClN3O2S2. The number of nitrogens with zero attached hydrogens (tertiary/aromatic N) is 2. The molecule has 0 atom stereocenters. The van der Waals surface area contributed by atoms with Crippen LogP contribution in [0.2, 0.25) is 5.02 Å². The number of rotatable bonds is 4. The third-order valence-corrected chi connectivity index (χ3v) is 5.36. The summed E-state index contributed by atoms with van der Waals surface area (Å²) in [7, 11) is 0. The van der Waals surface area contributed by atoms with E-state index in [0.717, 1.165) is 10.6 Å². The molecule has 0 unspecified atom stereocenters. The van der Waals surface area contributed by atoms with E-state index in [1.807, 2.05) is 18.2 Å². The molecule has 24 heavy (non-hydrogen) atoms. The predicted molar refractivity (Wildman–Crippen MR) is 97.4 cm³/mol. The normalized spacial score (nSPS) is 10.6. The lowest BCUT2D eigenvalue weighted by atomic mass is 10.2. The second kappa shape index (κ2) is 6.80. The zero-order valence-corrected chi connectivity index (χ0v) is 15.2. The van der Waals surface area contributed by atoms with Crippen molar-refractivity contribution in [3.05, 3.63) is 50.9 Å². The summed E-state index contributed by atoms with van der Waals surface area (Å²) in [5.74, 6) is -0.424. The summed E-state index contributed by atoms with van der Waals surface area (Å²) >= 11 is 8.51. The van der Waals surface area contributed by atoms with Gasteiger partial charge < -0.3 is 0 Å². The maximum absolute atomic E-state index is 12.4. The Morgan fingerprint density at radius 1 is 1.25 bits per heavy atom. The molecular weight excluding hydrogens is 366 g/mol. The van der Waals surface area contributed by atoms with Crippen molar-refractivity contribution in [2.75, 3.05) is 5.32 Å². The van der Waals surface area contributed by atoms with E-state index in [2.05, 4.69) is 15.3 Å². The molecule has 0 spiro atoms. The number of benzene rings is 1. The highest BCUT2D eigenvalue weighted by atomic mass is 35.5. The minimum atomic E-state index is -0.289. The van der Waals surface area contributed by atoms with Crippen LogP contribution in [0.15, 0.2) is 29.6 Å². The quantitative estimate of drug-likeness (QED) is 0.670. The Labute approximate surface area is 151 Å². The third-order valence-electron chi connectivity index (χ3n) is 3.16. The zero-order chi connectivity index (χ0) is 17.3. The summed E-state index contributed by atoms with van der Waals surface area (Å²) < 4.78 is 0. The average Bonchev–Trinajstić information content (AvgIpc) is 3.14. The monoisotopic (exact) mass is 377 g/mol. The van der Waals surface area contributed by atoms with Crippen molar-refractivity contribution >= 4 is 51.1 Å². The molecule has 0 aliphatic carbocycles. The molecule has 3 rings (SSSR count). The first-order valence-corrected chi connectivity index (χ1v) is 9.02. The van der Waals surface area contributed by atoms with Crippen LogP contribution in [0.3, 0.4) is 0 Å². The average molecular weight is 378 g/mol. The predicted octanol–water partition coefficient (Wildman–Crippen LogP) is 4.68. The van der Waals surface area contributed by atoms with Crippen LogP contribution in [-0.2, 0) is 0 Å². The van der Waals surface area contributed by atoms with E-state index in [0.29, 0.717) is 26.4 Å². The number of nitrogens with one attached hydrogen (secondary N) is 1. The van der Waals surface area contributed by atoms with Gasteiger partial charge in [-0.05, 0) is 19.1 Å². The van der Waals surface area contributed by atoms with E-state index < -0.39 is 0 Å². The molecule has 5 nitrogen and oxygen atoms in total. The number of hydrogen-bond donors (Lipinski definition) is 1. The largest absolute Gasteiger partial charge is 0.297 e. The molecule has 0 radical (unpaired) electrons. The third kappa shape index (κ3) is 3.53. The Morgan fingerprint density at radius 3 is 2.71 bits per heavy atom. The lowest BCUT2D eigenvalue weighted by molar-refractivity contribution is 0.100. The molecule has 0 aliphatic heterocycles. The van der Waals surface area contributed by atoms with Crippen molar-refractivity contribution in [2.24, 2.45) is 0 Å². The summed E-state index contributed by atoms with van der Waals surface area (Å²) in [6.45, 7) is 3.22. The number of hydrogen-bond acceptors (Lipinski definition) is 6. The molecule has 0 bridgehead atoms. The highest BCUT2D eigenvalue weighted by Gasteiger charge is 2.18. The van der Waals surface area contributed by atoms with Gasteiger partial charge in [-0.1, -0.05) is 23.7 Å². The number of anilines is 1. The lowest BCUT2D eigenvalue weighted by Crippen LogP contribution is -2.11. The number of carbonyl (C=O) groups is 2. The van der Waals surface area contributed by atoms with E-state index >= 15 is 0 Å². The molecule has 122 valence electrons. The summed E-state index contributed by atoms with van der Waals surface area (Å²) in [6, 6.07) is 7.33. The van der Waals surface area contributed by atoms with E-state index in [9.17, 15) is 9.59 Å². The van der Waals surface area contributed by atoms with Crippen LogP contribution >= 0.6 is 34.3 Å². The summed E-state index contributed by atoms with van der Waals surface area (Å²) in [6.07, 6.45) is 0. The highest BCUT2D eigenvalue weighted by molar-refractivity contribution is 7.17. The van der Waals surface area contributed by atoms with Gasteiger partial charge in [0, 0.05) is 22.9 Å². The first kappa shape index (κ1) is 16.8. The van der Waals surface area contributed by atoms with Crippen molar-refractivity contribution in [2.45, 2.75) is 13.8 Å². The van der Waals surface area contributed by atoms with Gasteiger partial charge in [0.1, 0.15) is 15.6 Å². The topological polar surface area (TPSA) is 72.0 Å². The fraction of sp³-hybridized carbons (Fsp3) is 0.125. The van der Waals surface area contributed by atoms with Crippen molar-refractivity contribution < 1.29 is 9.59 Å². The number of carbonyl (C=O) groups excluding carboxylic acids is 2. The molecule has 2 aromatic heterocycles. The van der Waals surface area contributed by atoms with E-state index in [1.165, 1.54) is 29.6 Å². The van der Waals surface area contributed by atoms with E-state index in [-0.39, 0.29) is 11.7 Å². The van der Waals surface area contributed by atoms with Crippen LogP contribution in [-0.4, -0.2) is 21.7 Å². The van der Waals surface area contributed by atoms with Crippen LogP contribution in [0.1, 0.15) is 32.8 Å². The smallest absolute Gasteiger partial charge is 0.269 e. The second-order valence-electron chi connectivity index (χ2n) is 4.99. The molecule has 2 heterocycles. The van der Waals surface area contributed by atoms with Crippen LogP contribution in [0.5, 0.6) is 0 Å². The minimum Gasteiger partial charge on any atom is -0.297 e. The van der Waals surface area contributed by atoms with Crippen LogP contribution in [0, 0.1) is 6.92 Å². The van der Waals surface area contributed by atoms with Crippen molar-refractivity contribution in [1.29, 1.82) is 0 Å². The second-order valence-corrected chi connectivity index (χ2v) is 7.29. The molecule has 1 aromatic carbocycles. The number of halogens is 1. The Morgan fingerprint density at radius 2 is 2.04 bits per heavy atom. The maximum Gasteiger partial charge on any atom is 0.269 e. The number of ketones is 1. The van der Waals surface area contributed by atoms with E-state index in [1.54, 1.807) is 18.4 Å². The summed E-state index contributed by atoms with van der Waals surface area (Å²) in [4.78, 5) is 32.7. The minimum absolute atomic E-state index is 0.135. The van der Waals surface area contributed by atoms with Crippen molar-refractivity contribution in [3.8, 4) is 10.6 Å². The summed E-state index contributed by atoms with van der Waals surface area (Å²) in [5, 5.41) is 6.06. The SMILES string of the molecule is CC(=O)c1csc(NC(=O)c2sc(-c3cccc(Cl)c3)nc2C)n1. The van der Waals surface area contributed by atoms with Gasteiger partial charge >= 0.3 is 0 Å². The van der Waals surface area contributed by atoms with Crippen LogP contribution < -0.4 is 5.32 Å². The molecule has 0 saturated carbocycles. The van der Waals surface area contributed by atoms with Crippen molar-refractivity contribution in [1.82, 2.24) is 9.97 Å². The van der Waals surface area contributed by atoms with Gasteiger partial charge in [0.15, 0.2) is 10.9 Å². The Hall–Kier alpha value is -2.09. The number of Topliss-reactive ketones (excluding diaryl/α,β-unsaturated/α-hetero) is 1. The number of thiazole rings is 2. The number of aryl methyl sites for hydroxylation is 1. The van der Waals surface area contributed by atoms with Gasteiger partial charge in [-0.3, -0.25) is 14.9 Å². The van der Waals surface area contributed by atoms with Gasteiger partial charge in [0.05, 0.1) is 5.69 Å². The Kier molecular flexibility index (Phi) is 4.75. The van der Waals surface area contributed by atoms with E-state index in [4.69, 9.17) is 11.6 Å². The Bertz CT molecular complexity index is 933. The van der Waals surface area contributed by atoms with Gasteiger partial charge in [-0.25, -0.2) is 9.97 Å². The first-order valence-electron chi connectivity index (χ1n) is 6.95. The standard InChI is InChI=1S/C16H12ClN3O2S2/c1-8-13(14(22)20-16-19-12(7-23-16)9(2)21)24-15(18-8)10-4-3-5-11(17)6-10/h3-7H,1-2H3,(H,19,20,22). The zero-order valence-electron chi connectivity index (χ0n) is 12.8. The maximum atomic E-state index is 12.4. The van der Waals surface area contributed by atoms with Gasteiger partial charge in [-0.2, -0.15) is 0 Å². The van der Waals surface area contributed by atoms with Gasteiger partial charge in [-0.15, -0.1) is 22.7 Å². The van der Waals surface area contributed by atoms with Crippen LogP contribution in [0.4, 0.5) is 5.13 Å². The molecule has 8 heteroatoms. The van der Waals surface area contributed by atoms with Gasteiger partial charge in [0.2, 0.25) is 0 Å². The highest BCUT2D eigenvalue weighted by Crippen LogP contribution is 2.30. The Balaban J connectivity index is 1.83. The fourth-order valence-corrected chi connectivity index (χ4v) is 3.89. The molecule has 1 amide bonds. The van der Waals surface area contributed by atoms with Crippen molar-refractivity contribution in [3.63, 3.8) is 0 Å². The van der Waals surface area contributed by atoms with Crippen LogP contribution in [0.25, 0.3) is 10.6 Å². The molecule has 0 saturated heterocycles. The first-order chi connectivity index (χ1) is 11.4. The summed E-state index contributed by atoms with van der Waals surface area (Å²) in [5.41, 5.74) is 1.84. The number of aromatic nitrogens is 2. The number of amides is 1.